The van der Waals surface area contributed by atoms with Gasteiger partial charge in [-0.25, -0.2) is 18.7 Å². The summed E-state index contributed by atoms with van der Waals surface area (Å²) in [4.78, 5) is 12.2. The van der Waals surface area contributed by atoms with Crippen LogP contribution in [-0.4, -0.2) is 36.1 Å². The summed E-state index contributed by atoms with van der Waals surface area (Å²) in [6.45, 7) is 3.98. The molecule has 1 aliphatic heterocycles. The van der Waals surface area contributed by atoms with Gasteiger partial charge < -0.3 is 9.80 Å². The van der Waals surface area contributed by atoms with Crippen molar-refractivity contribution in [2.75, 3.05) is 36.0 Å². The summed E-state index contributed by atoms with van der Waals surface area (Å²) in [5.74, 6) is 0.104. The van der Waals surface area contributed by atoms with Gasteiger partial charge in [-0.3, -0.25) is 0 Å². The topological polar surface area (TPSA) is 56.1 Å². The number of anilines is 2. The van der Waals surface area contributed by atoms with Gasteiger partial charge >= 0.3 is 0 Å². The number of hydrogen-bond acceptors (Lipinski definition) is 5. The van der Waals surface area contributed by atoms with E-state index < -0.39 is 11.6 Å². The lowest BCUT2D eigenvalue weighted by atomic mass is 10.1. The monoisotopic (exact) mass is 315 g/mol. The van der Waals surface area contributed by atoms with Crippen LogP contribution in [0.5, 0.6) is 0 Å². The Morgan fingerprint density at radius 2 is 1.70 bits per heavy atom. The van der Waals surface area contributed by atoms with E-state index in [0.29, 0.717) is 32.0 Å². The summed E-state index contributed by atoms with van der Waals surface area (Å²) in [6, 6.07) is 5.71. The Balaban J connectivity index is 1.76. The number of aryl methyl sites for hydroxylation is 1. The maximum atomic E-state index is 14.1. The Labute approximate surface area is 132 Å². The fourth-order valence-electron chi connectivity index (χ4n) is 2.71. The summed E-state index contributed by atoms with van der Waals surface area (Å²) < 4.78 is 28.2. The molecule has 0 atom stereocenters. The van der Waals surface area contributed by atoms with Crippen LogP contribution in [0.25, 0.3) is 0 Å². The second-order valence-corrected chi connectivity index (χ2v) is 5.34. The van der Waals surface area contributed by atoms with Gasteiger partial charge in [0.2, 0.25) is 0 Å². The van der Waals surface area contributed by atoms with E-state index in [1.165, 1.54) is 0 Å². The first-order chi connectivity index (χ1) is 11.1. The fraction of sp³-hybridized carbons (Fsp3) is 0.312. The highest BCUT2D eigenvalue weighted by atomic mass is 19.1. The highest BCUT2D eigenvalue weighted by Gasteiger charge is 2.23. The molecule has 0 bridgehead atoms. The Bertz CT molecular complexity index is 740. The second-order valence-electron chi connectivity index (χ2n) is 5.34. The summed E-state index contributed by atoms with van der Waals surface area (Å²) in [6.07, 6.45) is 1.70. The van der Waals surface area contributed by atoms with Gasteiger partial charge in [0, 0.05) is 32.4 Å². The molecule has 1 aliphatic rings. The lowest BCUT2D eigenvalue weighted by Crippen LogP contribution is -2.47. The number of hydrogen-bond donors (Lipinski definition) is 0. The highest BCUT2D eigenvalue weighted by Crippen LogP contribution is 2.26. The molecule has 7 heteroatoms. The summed E-state index contributed by atoms with van der Waals surface area (Å²) in [5.41, 5.74) is -0.0821. The third-order valence-electron chi connectivity index (χ3n) is 3.83. The van der Waals surface area contributed by atoms with Crippen molar-refractivity contribution in [1.29, 1.82) is 5.26 Å². The molecule has 3 rings (SSSR count). The Kier molecular flexibility index (Phi) is 4.06. The van der Waals surface area contributed by atoms with Gasteiger partial charge in [-0.15, -0.1) is 0 Å². The summed E-state index contributed by atoms with van der Waals surface area (Å²) in [5, 5.41) is 8.76. The predicted molar refractivity (Wildman–Crippen MR) is 82.3 cm³/mol. The van der Waals surface area contributed by atoms with Gasteiger partial charge in [-0.1, -0.05) is 0 Å². The quantitative estimate of drug-likeness (QED) is 0.851. The molecule has 2 aromatic rings. The van der Waals surface area contributed by atoms with E-state index in [0.717, 1.165) is 18.0 Å². The molecule has 0 amide bonds. The lowest BCUT2D eigenvalue weighted by Gasteiger charge is -2.36. The molecule has 0 N–H and O–H groups in total. The number of benzene rings is 1. The average Bonchev–Trinajstić information content (AvgIpc) is 2.54. The Hall–Kier alpha value is -2.75. The van der Waals surface area contributed by atoms with Gasteiger partial charge in [0.25, 0.3) is 0 Å². The van der Waals surface area contributed by atoms with Crippen molar-refractivity contribution in [2.45, 2.75) is 6.92 Å². The molecule has 1 aromatic heterocycles. The van der Waals surface area contributed by atoms with Crippen molar-refractivity contribution >= 4 is 11.5 Å². The first-order valence-corrected chi connectivity index (χ1v) is 7.27. The number of rotatable bonds is 2. The van der Waals surface area contributed by atoms with Gasteiger partial charge in [0.05, 0.1) is 11.6 Å². The molecule has 23 heavy (non-hydrogen) atoms. The summed E-state index contributed by atoms with van der Waals surface area (Å²) >= 11 is 0. The molecule has 0 aliphatic carbocycles. The number of piperazine rings is 1. The van der Waals surface area contributed by atoms with Crippen molar-refractivity contribution < 1.29 is 8.78 Å². The van der Waals surface area contributed by atoms with Crippen LogP contribution < -0.4 is 9.80 Å². The fourth-order valence-corrected chi connectivity index (χ4v) is 2.71. The van der Waals surface area contributed by atoms with E-state index in [1.54, 1.807) is 17.2 Å². The highest BCUT2D eigenvalue weighted by molar-refractivity contribution is 5.54. The number of nitriles is 1. The molecule has 0 unspecified atom stereocenters. The average molecular weight is 315 g/mol. The summed E-state index contributed by atoms with van der Waals surface area (Å²) in [7, 11) is 0. The molecule has 2 heterocycles. The standard InChI is InChI=1S/C16H15F2N5/c1-11-20-3-2-15(21-11)22-4-6-23(7-5-22)16-13(17)8-12(10-19)9-14(16)18/h2-3,8-9H,4-7H2,1H3. The second kappa shape index (κ2) is 6.16. The predicted octanol–water partition coefficient (Wildman–Crippen LogP) is 2.26. The van der Waals surface area contributed by atoms with E-state index in [9.17, 15) is 8.78 Å². The Morgan fingerprint density at radius 3 is 2.26 bits per heavy atom. The van der Waals surface area contributed by atoms with Crippen LogP contribution in [0.2, 0.25) is 0 Å². The van der Waals surface area contributed by atoms with E-state index >= 15 is 0 Å². The SMILES string of the molecule is Cc1nccc(N2CCN(c3c(F)cc(C#N)cc3F)CC2)n1. The molecular weight excluding hydrogens is 300 g/mol. The van der Waals surface area contributed by atoms with Crippen molar-refractivity contribution in [3.63, 3.8) is 0 Å². The first kappa shape index (κ1) is 15.2. The zero-order valence-electron chi connectivity index (χ0n) is 12.6. The van der Waals surface area contributed by atoms with Crippen LogP contribution in [0.4, 0.5) is 20.3 Å². The lowest BCUT2D eigenvalue weighted by molar-refractivity contribution is 0.555. The normalized spacial score (nSPS) is 14.7. The largest absolute Gasteiger partial charge is 0.363 e. The van der Waals surface area contributed by atoms with Crippen molar-refractivity contribution in [3.8, 4) is 6.07 Å². The van der Waals surface area contributed by atoms with Crippen molar-refractivity contribution in [3.05, 3.63) is 47.4 Å². The van der Waals surface area contributed by atoms with Crippen LogP contribution in [0.15, 0.2) is 24.4 Å². The van der Waals surface area contributed by atoms with Crippen molar-refractivity contribution in [1.82, 2.24) is 9.97 Å². The molecule has 1 fully saturated rings. The van der Waals surface area contributed by atoms with Crippen molar-refractivity contribution in [2.24, 2.45) is 0 Å². The molecule has 0 spiro atoms. The maximum absolute atomic E-state index is 14.1. The van der Waals surface area contributed by atoms with Crippen LogP contribution >= 0.6 is 0 Å². The minimum atomic E-state index is -0.701. The zero-order valence-corrected chi connectivity index (χ0v) is 12.6. The van der Waals surface area contributed by atoms with Crippen LogP contribution in [0, 0.1) is 29.9 Å². The minimum Gasteiger partial charge on any atom is -0.363 e. The smallest absolute Gasteiger partial charge is 0.150 e. The molecule has 118 valence electrons. The molecular formula is C16H15F2N5. The molecule has 1 aromatic carbocycles. The van der Waals surface area contributed by atoms with Gasteiger partial charge in [-0.05, 0) is 25.1 Å². The van der Waals surface area contributed by atoms with E-state index in [1.807, 2.05) is 13.0 Å². The maximum Gasteiger partial charge on any atom is 0.150 e. The van der Waals surface area contributed by atoms with Crippen LogP contribution in [-0.2, 0) is 0 Å². The molecule has 5 nitrogen and oxygen atoms in total. The van der Waals surface area contributed by atoms with Crippen LogP contribution in [0.3, 0.4) is 0 Å². The van der Waals surface area contributed by atoms with Gasteiger partial charge in [0.1, 0.15) is 17.3 Å². The van der Waals surface area contributed by atoms with E-state index in [2.05, 4.69) is 14.9 Å². The van der Waals surface area contributed by atoms with E-state index in [-0.39, 0.29) is 11.3 Å². The van der Waals surface area contributed by atoms with Gasteiger partial charge in [-0.2, -0.15) is 5.26 Å². The number of nitrogens with zero attached hydrogens (tertiary/aromatic N) is 5. The zero-order chi connectivity index (χ0) is 16.4. The van der Waals surface area contributed by atoms with E-state index in [4.69, 9.17) is 5.26 Å². The first-order valence-electron chi connectivity index (χ1n) is 7.27. The minimum absolute atomic E-state index is 0.0150. The third-order valence-corrected chi connectivity index (χ3v) is 3.83. The third kappa shape index (κ3) is 3.06. The van der Waals surface area contributed by atoms with Gasteiger partial charge in [0.15, 0.2) is 11.6 Å². The molecule has 0 saturated carbocycles. The Morgan fingerprint density at radius 1 is 1.09 bits per heavy atom. The molecule has 0 radical (unpaired) electrons. The molecule has 1 saturated heterocycles. The number of aromatic nitrogens is 2. The number of halogens is 2. The van der Waals surface area contributed by atoms with Crippen LogP contribution in [0.1, 0.15) is 11.4 Å².